The molecule has 1 heterocycles. The summed E-state index contributed by atoms with van der Waals surface area (Å²) in [5.74, 6) is -0.647. The topological polar surface area (TPSA) is 89.8 Å². The lowest BCUT2D eigenvalue weighted by Crippen LogP contribution is -2.20. The van der Waals surface area contributed by atoms with Crippen LogP contribution in [0.1, 0.15) is 22.8 Å². The van der Waals surface area contributed by atoms with Gasteiger partial charge in [0.05, 0.1) is 5.56 Å². The Hall–Kier alpha value is -3.56. The Balaban J connectivity index is 1.70. The number of alkyl halides is 3. The van der Waals surface area contributed by atoms with E-state index in [4.69, 9.17) is 0 Å². The molecule has 0 fully saturated rings. The van der Waals surface area contributed by atoms with E-state index in [2.05, 4.69) is 20.7 Å². The van der Waals surface area contributed by atoms with Crippen molar-refractivity contribution < 1.29 is 22.8 Å². The largest absolute Gasteiger partial charge is 0.416 e. The molecule has 1 aromatic heterocycles. The highest BCUT2D eigenvalue weighted by Crippen LogP contribution is 2.31. The molecular weight excluding hydrogens is 375 g/mol. The third-order valence-corrected chi connectivity index (χ3v) is 3.74. The number of hydrogen-bond donors (Lipinski definition) is 1. The van der Waals surface area contributed by atoms with E-state index in [-0.39, 0.29) is 23.7 Å². The van der Waals surface area contributed by atoms with E-state index in [9.17, 15) is 22.8 Å². The number of carbonyl (C=O) groups excluding carboxylic acids is 2. The quantitative estimate of drug-likeness (QED) is 0.677. The fourth-order valence-corrected chi connectivity index (χ4v) is 2.41. The van der Waals surface area contributed by atoms with Crippen LogP contribution in [0, 0.1) is 0 Å². The van der Waals surface area contributed by atoms with Gasteiger partial charge in [-0.25, -0.2) is 0 Å². The van der Waals surface area contributed by atoms with Gasteiger partial charge in [0.1, 0.15) is 6.54 Å². The van der Waals surface area contributed by atoms with Crippen LogP contribution < -0.4 is 5.32 Å². The maximum Gasteiger partial charge on any atom is 0.416 e. The molecule has 0 atom stereocenters. The van der Waals surface area contributed by atoms with Crippen molar-refractivity contribution in [1.82, 2.24) is 20.2 Å². The number of halogens is 3. The summed E-state index contributed by atoms with van der Waals surface area (Å²) in [5, 5.41) is 13.9. The molecule has 144 valence electrons. The Kier molecular flexibility index (Phi) is 5.21. The number of nitrogens with zero attached hydrogens (tertiary/aromatic N) is 4. The molecule has 3 aromatic rings. The molecule has 0 aliphatic heterocycles. The zero-order valence-corrected chi connectivity index (χ0v) is 14.6. The van der Waals surface area contributed by atoms with Gasteiger partial charge in [-0.05, 0) is 36.4 Å². The standard InChI is InChI=1S/C18H14F3N5O2/c1-11(27)12-4-3-7-15(9-12)22-16(28)10-26-24-17(23-25-26)13-5-2-6-14(8-13)18(19,20)21/h2-9H,10H2,1H3,(H,22,28). The second-order valence-corrected chi connectivity index (χ2v) is 5.91. The first kappa shape index (κ1) is 19.2. The number of ketones is 1. The third-order valence-electron chi connectivity index (χ3n) is 3.74. The van der Waals surface area contributed by atoms with Crippen LogP contribution in [0.2, 0.25) is 0 Å². The summed E-state index contributed by atoms with van der Waals surface area (Å²) in [6, 6.07) is 10.9. The maximum atomic E-state index is 12.8. The number of hydrogen-bond acceptors (Lipinski definition) is 5. The zero-order chi connectivity index (χ0) is 20.3. The summed E-state index contributed by atoms with van der Waals surface area (Å²) < 4.78 is 38.4. The summed E-state index contributed by atoms with van der Waals surface area (Å²) in [4.78, 5) is 24.5. The van der Waals surface area contributed by atoms with Crippen LogP contribution in [0.15, 0.2) is 48.5 Å². The fourth-order valence-electron chi connectivity index (χ4n) is 2.41. The second kappa shape index (κ2) is 7.59. The van der Waals surface area contributed by atoms with E-state index in [1.165, 1.54) is 25.1 Å². The molecule has 28 heavy (non-hydrogen) atoms. The highest BCUT2D eigenvalue weighted by atomic mass is 19.4. The average Bonchev–Trinajstić information content (AvgIpc) is 3.09. The Morgan fingerprint density at radius 1 is 1.11 bits per heavy atom. The minimum Gasteiger partial charge on any atom is -0.324 e. The van der Waals surface area contributed by atoms with E-state index in [0.29, 0.717) is 11.3 Å². The zero-order valence-electron chi connectivity index (χ0n) is 14.6. The molecule has 1 amide bonds. The number of amides is 1. The molecule has 10 heteroatoms. The summed E-state index contributed by atoms with van der Waals surface area (Å²) in [6.07, 6.45) is -4.49. The molecule has 7 nitrogen and oxygen atoms in total. The van der Waals surface area contributed by atoms with Crippen LogP contribution in [-0.4, -0.2) is 31.9 Å². The van der Waals surface area contributed by atoms with Gasteiger partial charge in [0.2, 0.25) is 11.7 Å². The van der Waals surface area contributed by atoms with Crippen molar-refractivity contribution >= 4 is 17.4 Å². The van der Waals surface area contributed by atoms with Crippen LogP contribution in [0.25, 0.3) is 11.4 Å². The molecule has 0 aliphatic carbocycles. The van der Waals surface area contributed by atoms with Crippen LogP contribution in [0.5, 0.6) is 0 Å². The molecule has 0 aliphatic rings. The summed E-state index contributed by atoms with van der Waals surface area (Å²) in [6.45, 7) is 1.12. The Morgan fingerprint density at radius 2 is 1.86 bits per heavy atom. The van der Waals surface area contributed by atoms with Gasteiger partial charge < -0.3 is 5.32 Å². The van der Waals surface area contributed by atoms with Crippen molar-refractivity contribution in [2.24, 2.45) is 0 Å². The lowest BCUT2D eigenvalue weighted by Gasteiger charge is -2.06. The normalized spacial score (nSPS) is 11.3. The molecule has 1 N–H and O–H groups in total. The van der Waals surface area contributed by atoms with Crippen LogP contribution in [-0.2, 0) is 17.5 Å². The number of tetrazole rings is 1. The summed E-state index contributed by atoms with van der Waals surface area (Å²) in [7, 11) is 0. The van der Waals surface area contributed by atoms with Crippen LogP contribution >= 0.6 is 0 Å². The van der Waals surface area contributed by atoms with Gasteiger partial charge in [-0.15, -0.1) is 10.2 Å². The maximum absolute atomic E-state index is 12.8. The van der Waals surface area contributed by atoms with Gasteiger partial charge in [-0.2, -0.15) is 18.0 Å². The van der Waals surface area contributed by atoms with Gasteiger partial charge in [-0.1, -0.05) is 24.3 Å². The van der Waals surface area contributed by atoms with Crippen molar-refractivity contribution in [3.05, 3.63) is 59.7 Å². The van der Waals surface area contributed by atoms with E-state index in [0.717, 1.165) is 16.9 Å². The first-order valence-electron chi connectivity index (χ1n) is 8.08. The van der Waals surface area contributed by atoms with Gasteiger partial charge >= 0.3 is 6.18 Å². The Bertz CT molecular complexity index is 1030. The van der Waals surface area contributed by atoms with Crippen molar-refractivity contribution in [2.45, 2.75) is 19.6 Å². The fraction of sp³-hybridized carbons (Fsp3) is 0.167. The average molecular weight is 389 g/mol. The smallest absolute Gasteiger partial charge is 0.324 e. The van der Waals surface area contributed by atoms with Crippen molar-refractivity contribution in [2.75, 3.05) is 5.32 Å². The van der Waals surface area contributed by atoms with E-state index in [1.54, 1.807) is 18.2 Å². The molecule has 0 spiro atoms. The number of anilines is 1. The third kappa shape index (κ3) is 4.58. The van der Waals surface area contributed by atoms with Crippen LogP contribution in [0.4, 0.5) is 18.9 Å². The summed E-state index contributed by atoms with van der Waals surface area (Å²) >= 11 is 0. The van der Waals surface area contributed by atoms with Crippen LogP contribution in [0.3, 0.4) is 0 Å². The molecule has 2 aromatic carbocycles. The molecular formula is C18H14F3N5O2. The van der Waals surface area contributed by atoms with Crippen molar-refractivity contribution in [3.63, 3.8) is 0 Å². The first-order valence-corrected chi connectivity index (χ1v) is 8.08. The molecule has 0 saturated carbocycles. The molecule has 0 bridgehead atoms. The van der Waals surface area contributed by atoms with Gasteiger partial charge in [0.15, 0.2) is 5.78 Å². The van der Waals surface area contributed by atoms with Crippen molar-refractivity contribution in [1.29, 1.82) is 0 Å². The van der Waals surface area contributed by atoms with E-state index >= 15 is 0 Å². The Labute approximate surface area is 157 Å². The lowest BCUT2D eigenvalue weighted by molar-refractivity contribution is -0.137. The number of aromatic nitrogens is 4. The lowest BCUT2D eigenvalue weighted by atomic mass is 10.1. The van der Waals surface area contributed by atoms with E-state index in [1.807, 2.05) is 0 Å². The number of rotatable bonds is 5. The second-order valence-electron chi connectivity index (χ2n) is 5.91. The number of carbonyl (C=O) groups is 2. The number of nitrogens with one attached hydrogen (secondary N) is 1. The van der Waals surface area contributed by atoms with Crippen molar-refractivity contribution in [3.8, 4) is 11.4 Å². The van der Waals surface area contributed by atoms with E-state index < -0.39 is 17.6 Å². The number of Topliss-reactive ketones (excluding diaryl/α,β-unsaturated/α-hetero) is 1. The van der Waals surface area contributed by atoms with Gasteiger partial charge in [0, 0.05) is 16.8 Å². The Morgan fingerprint density at radius 3 is 2.57 bits per heavy atom. The monoisotopic (exact) mass is 389 g/mol. The highest BCUT2D eigenvalue weighted by molar-refractivity contribution is 5.97. The molecule has 0 saturated heterocycles. The summed E-state index contributed by atoms with van der Waals surface area (Å²) in [5.41, 5.74) is 0.180. The SMILES string of the molecule is CC(=O)c1cccc(NC(=O)Cn2nnc(-c3cccc(C(F)(F)F)c3)n2)c1. The van der Waals surface area contributed by atoms with Gasteiger partial charge in [0.25, 0.3) is 0 Å². The molecule has 0 unspecified atom stereocenters. The molecule has 3 rings (SSSR count). The first-order chi connectivity index (χ1) is 13.2. The minimum atomic E-state index is -4.49. The predicted molar refractivity (Wildman–Crippen MR) is 93.3 cm³/mol. The highest BCUT2D eigenvalue weighted by Gasteiger charge is 2.30. The number of benzene rings is 2. The molecule has 0 radical (unpaired) electrons. The van der Waals surface area contributed by atoms with Gasteiger partial charge in [-0.3, -0.25) is 9.59 Å². The minimum absolute atomic E-state index is 0.0301. The predicted octanol–water partition coefficient (Wildman–Crippen LogP) is 3.20.